The number of hydrogen-bond donors (Lipinski definition) is 2. The number of hydrogen-bond acceptors (Lipinski definition) is 3. The molecule has 1 heterocycles. The van der Waals surface area contributed by atoms with Crippen molar-refractivity contribution in [2.45, 2.75) is 13.0 Å². The van der Waals surface area contributed by atoms with Gasteiger partial charge in [-0.25, -0.2) is 0 Å². The van der Waals surface area contributed by atoms with Crippen molar-refractivity contribution in [1.29, 1.82) is 0 Å². The van der Waals surface area contributed by atoms with Crippen LogP contribution < -0.4 is 10.6 Å². The van der Waals surface area contributed by atoms with Crippen LogP contribution in [0.2, 0.25) is 10.0 Å². The van der Waals surface area contributed by atoms with Gasteiger partial charge in [-0.15, -0.1) is 0 Å². The third kappa shape index (κ3) is 4.26. The molecule has 2 rings (SSSR count). The maximum atomic E-state index is 11.9. The summed E-state index contributed by atoms with van der Waals surface area (Å²) in [5.74, 6) is -0.627. The van der Waals surface area contributed by atoms with Gasteiger partial charge in [-0.1, -0.05) is 29.3 Å². The van der Waals surface area contributed by atoms with E-state index in [-0.39, 0.29) is 24.3 Å². The van der Waals surface area contributed by atoms with Crippen molar-refractivity contribution >= 4 is 35.0 Å². The van der Waals surface area contributed by atoms with Gasteiger partial charge in [-0.05, 0) is 36.8 Å². The Hall–Kier alpha value is -1.98. The Morgan fingerprint density at radius 1 is 1.27 bits per heavy atom. The number of nitrogens with one attached hydrogen (secondary N) is 2. The maximum absolute atomic E-state index is 11.9. The molecule has 2 aromatic rings. The van der Waals surface area contributed by atoms with E-state index in [1.165, 1.54) is 12.3 Å². The second-order valence-corrected chi connectivity index (χ2v) is 5.46. The van der Waals surface area contributed by atoms with E-state index in [1.54, 1.807) is 31.2 Å². The van der Waals surface area contributed by atoms with E-state index in [1.807, 2.05) is 0 Å². The number of carbonyl (C=O) groups excluding carboxylic acids is 2. The van der Waals surface area contributed by atoms with Crippen LogP contribution in [0.3, 0.4) is 0 Å². The minimum atomic E-state index is -0.447. The van der Waals surface area contributed by atoms with E-state index in [4.69, 9.17) is 27.6 Å². The monoisotopic (exact) mass is 340 g/mol. The second-order valence-electron chi connectivity index (χ2n) is 4.62. The molecule has 1 unspecified atom stereocenters. The predicted octanol–water partition coefficient (Wildman–Crippen LogP) is 3.19. The number of halogens is 2. The van der Waals surface area contributed by atoms with Crippen molar-refractivity contribution in [2.75, 3.05) is 6.54 Å². The predicted molar refractivity (Wildman–Crippen MR) is 84.1 cm³/mol. The number of rotatable bonds is 5. The standard InChI is InChI=1S/C15H14Cl2N2O3/c1-9(11-5-4-10(16)7-12(11)17)19-14(20)8-18-15(21)13-3-2-6-22-13/h2-7,9H,8H2,1H3,(H,18,21)(H,19,20). The SMILES string of the molecule is CC(NC(=O)CNC(=O)c1ccco1)c1ccc(Cl)cc1Cl. The van der Waals surface area contributed by atoms with E-state index in [9.17, 15) is 9.59 Å². The zero-order chi connectivity index (χ0) is 16.1. The first-order chi connectivity index (χ1) is 10.5. The highest BCUT2D eigenvalue weighted by Crippen LogP contribution is 2.25. The summed E-state index contributed by atoms with van der Waals surface area (Å²) in [5, 5.41) is 6.21. The molecule has 1 aromatic heterocycles. The molecule has 2 N–H and O–H groups in total. The summed E-state index contributed by atoms with van der Waals surface area (Å²) in [5.41, 5.74) is 0.747. The van der Waals surface area contributed by atoms with Crippen molar-refractivity contribution < 1.29 is 14.0 Å². The maximum Gasteiger partial charge on any atom is 0.287 e. The third-order valence-corrected chi connectivity index (χ3v) is 3.52. The molecule has 0 aliphatic carbocycles. The number of benzene rings is 1. The Bertz CT molecular complexity index is 671. The van der Waals surface area contributed by atoms with E-state index in [0.717, 1.165) is 5.56 Å². The summed E-state index contributed by atoms with van der Waals surface area (Å²) >= 11 is 11.9. The summed E-state index contributed by atoms with van der Waals surface area (Å²) in [6, 6.07) is 7.86. The van der Waals surface area contributed by atoms with Crippen molar-refractivity contribution in [3.8, 4) is 0 Å². The summed E-state index contributed by atoms with van der Waals surface area (Å²) in [6.45, 7) is 1.64. The topological polar surface area (TPSA) is 71.3 Å². The zero-order valence-corrected chi connectivity index (χ0v) is 13.2. The molecule has 0 aliphatic heterocycles. The summed E-state index contributed by atoms with van der Waals surface area (Å²) in [4.78, 5) is 23.5. The molecule has 1 atom stereocenters. The first kappa shape index (κ1) is 16.4. The molecule has 2 amide bonds. The van der Waals surface area contributed by atoms with Gasteiger partial charge < -0.3 is 15.1 Å². The Balaban J connectivity index is 1.87. The van der Waals surface area contributed by atoms with Gasteiger partial charge in [-0.2, -0.15) is 0 Å². The molecule has 0 saturated heterocycles. The largest absolute Gasteiger partial charge is 0.459 e. The highest BCUT2D eigenvalue weighted by atomic mass is 35.5. The molecule has 1 aromatic carbocycles. The van der Waals surface area contributed by atoms with E-state index in [0.29, 0.717) is 10.0 Å². The van der Waals surface area contributed by atoms with Crippen LogP contribution in [0.15, 0.2) is 41.0 Å². The average molecular weight is 341 g/mol. The fourth-order valence-corrected chi connectivity index (χ4v) is 2.45. The van der Waals surface area contributed by atoms with Crippen LogP contribution in [0.25, 0.3) is 0 Å². The average Bonchev–Trinajstić information content (AvgIpc) is 2.98. The summed E-state index contributed by atoms with van der Waals surface area (Å²) in [6.07, 6.45) is 1.39. The molecule has 0 aliphatic rings. The fraction of sp³-hybridized carbons (Fsp3) is 0.200. The number of furan rings is 1. The van der Waals surface area contributed by atoms with Crippen LogP contribution in [0, 0.1) is 0 Å². The van der Waals surface area contributed by atoms with Crippen molar-refractivity contribution in [3.05, 3.63) is 58.0 Å². The Morgan fingerprint density at radius 2 is 2.05 bits per heavy atom. The molecule has 0 fully saturated rings. The Kier molecular flexibility index (Phi) is 5.46. The van der Waals surface area contributed by atoms with Crippen LogP contribution in [0.1, 0.15) is 29.1 Å². The van der Waals surface area contributed by atoms with Crippen molar-refractivity contribution in [3.63, 3.8) is 0 Å². The lowest BCUT2D eigenvalue weighted by Gasteiger charge is -2.16. The molecule has 116 valence electrons. The smallest absolute Gasteiger partial charge is 0.287 e. The molecule has 0 saturated carbocycles. The first-order valence-electron chi connectivity index (χ1n) is 6.53. The molecule has 0 bridgehead atoms. The summed E-state index contributed by atoms with van der Waals surface area (Å²) in [7, 11) is 0. The lowest BCUT2D eigenvalue weighted by atomic mass is 10.1. The van der Waals surface area contributed by atoms with Crippen LogP contribution in [0.5, 0.6) is 0 Å². The van der Waals surface area contributed by atoms with Gasteiger partial charge in [0.05, 0.1) is 18.8 Å². The number of carbonyl (C=O) groups is 2. The normalized spacial score (nSPS) is 11.8. The third-order valence-electron chi connectivity index (χ3n) is 2.96. The van der Waals surface area contributed by atoms with Gasteiger partial charge in [0.2, 0.25) is 5.91 Å². The quantitative estimate of drug-likeness (QED) is 0.877. The molecular formula is C15H14Cl2N2O3. The molecule has 5 nitrogen and oxygen atoms in total. The van der Waals surface area contributed by atoms with Gasteiger partial charge in [0.25, 0.3) is 5.91 Å². The van der Waals surface area contributed by atoms with Gasteiger partial charge in [-0.3, -0.25) is 9.59 Å². The zero-order valence-electron chi connectivity index (χ0n) is 11.7. The molecule has 0 radical (unpaired) electrons. The highest BCUT2D eigenvalue weighted by molar-refractivity contribution is 6.35. The Labute approximate surface area is 137 Å². The van der Waals surface area contributed by atoms with Crippen molar-refractivity contribution in [1.82, 2.24) is 10.6 Å². The summed E-state index contributed by atoms with van der Waals surface area (Å²) < 4.78 is 4.93. The van der Waals surface area contributed by atoms with E-state index in [2.05, 4.69) is 10.6 Å². The van der Waals surface area contributed by atoms with Crippen molar-refractivity contribution in [2.24, 2.45) is 0 Å². The minimum absolute atomic E-state index is 0.154. The molecule has 7 heteroatoms. The van der Waals surface area contributed by atoms with E-state index >= 15 is 0 Å². The van der Waals surface area contributed by atoms with Gasteiger partial charge in [0.1, 0.15) is 0 Å². The molecular weight excluding hydrogens is 327 g/mol. The van der Waals surface area contributed by atoms with Crippen LogP contribution in [-0.4, -0.2) is 18.4 Å². The lowest BCUT2D eigenvalue weighted by Crippen LogP contribution is -2.38. The second kappa shape index (κ2) is 7.33. The van der Waals surface area contributed by atoms with E-state index < -0.39 is 5.91 Å². The molecule has 22 heavy (non-hydrogen) atoms. The number of amides is 2. The van der Waals surface area contributed by atoms with Gasteiger partial charge in [0, 0.05) is 10.0 Å². The Morgan fingerprint density at radius 3 is 2.68 bits per heavy atom. The van der Waals surface area contributed by atoms with Crippen LogP contribution >= 0.6 is 23.2 Å². The minimum Gasteiger partial charge on any atom is -0.459 e. The fourth-order valence-electron chi connectivity index (χ4n) is 1.88. The highest BCUT2D eigenvalue weighted by Gasteiger charge is 2.14. The first-order valence-corrected chi connectivity index (χ1v) is 7.29. The van der Waals surface area contributed by atoms with Gasteiger partial charge in [0.15, 0.2) is 5.76 Å². The molecule has 0 spiro atoms. The van der Waals surface area contributed by atoms with Gasteiger partial charge >= 0.3 is 0 Å². The van der Waals surface area contributed by atoms with Crippen LogP contribution in [-0.2, 0) is 4.79 Å². The lowest BCUT2D eigenvalue weighted by molar-refractivity contribution is -0.120. The van der Waals surface area contributed by atoms with Crippen LogP contribution in [0.4, 0.5) is 0 Å².